The van der Waals surface area contributed by atoms with Crippen molar-refractivity contribution < 1.29 is 24.2 Å². The SMILES string of the molecule is CCCCNC(=O)[C@@H](CC(C)C)NC(=O)[C@H](CC(=O)OC(C)(C)C)N=Cc1c(O)ccc2ccccc12. The number of ether oxygens (including phenoxy) is 1. The van der Waals surface area contributed by atoms with E-state index in [1.165, 1.54) is 6.21 Å². The summed E-state index contributed by atoms with van der Waals surface area (Å²) in [5, 5.41) is 17.8. The highest BCUT2D eigenvalue weighted by Gasteiger charge is 2.29. The van der Waals surface area contributed by atoms with Crippen molar-refractivity contribution in [2.75, 3.05) is 6.54 Å². The number of phenolic OH excluding ortho intramolecular Hbond substituents is 1. The Morgan fingerprint density at radius 2 is 1.78 bits per heavy atom. The van der Waals surface area contributed by atoms with Gasteiger partial charge in [-0.15, -0.1) is 0 Å². The van der Waals surface area contributed by atoms with Crippen molar-refractivity contribution in [2.24, 2.45) is 10.9 Å². The van der Waals surface area contributed by atoms with E-state index in [0.29, 0.717) is 18.5 Å². The van der Waals surface area contributed by atoms with Gasteiger partial charge in [0, 0.05) is 18.3 Å². The van der Waals surface area contributed by atoms with E-state index in [0.717, 1.165) is 23.6 Å². The van der Waals surface area contributed by atoms with Gasteiger partial charge in [-0.3, -0.25) is 19.4 Å². The van der Waals surface area contributed by atoms with E-state index in [9.17, 15) is 19.5 Å². The first-order valence-electron chi connectivity index (χ1n) is 12.9. The molecule has 2 aromatic carbocycles. The predicted octanol–water partition coefficient (Wildman–Crippen LogP) is 4.51. The lowest BCUT2D eigenvalue weighted by Crippen LogP contribution is -2.50. The summed E-state index contributed by atoms with van der Waals surface area (Å²) in [6, 6.07) is 8.94. The van der Waals surface area contributed by atoms with Crippen LogP contribution in [0.15, 0.2) is 41.4 Å². The Hall–Kier alpha value is -3.42. The van der Waals surface area contributed by atoms with Gasteiger partial charge in [0.1, 0.15) is 23.4 Å². The third-order valence-corrected chi connectivity index (χ3v) is 5.58. The number of nitrogens with zero attached hydrogens (tertiary/aromatic N) is 1. The average Bonchev–Trinajstić information content (AvgIpc) is 2.80. The molecule has 0 bridgehead atoms. The van der Waals surface area contributed by atoms with Crippen LogP contribution in [0, 0.1) is 5.92 Å². The number of aromatic hydroxyl groups is 1. The lowest BCUT2D eigenvalue weighted by atomic mass is 10.0. The van der Waals surface area contributed by atoms with Crippen LogP contribution < -0.4 is 10.6 Å². The molecular weight excluding hydrogens is 470 g/mol. The molecule has 8 nitrogen and oxygen atoms in total. The number of hydrogen-bond acceptors (Lipinski definition) is 6. The molecule has 37 heavy (non-hydrogen) atoms. The molecule has 0 spiro atoms. The van der Waals surface area contributed by atoms with Crippen LogP contribution in [0.25, 0.3) is 10.8 Å². The van der Waals surface area contributed by atoms with Gasteiger partial charge < -0.3 is 20.5 Å². The van der Waals surface area contributed by atoms with E-state index >= 15 is 0 Å². The number of esters is 1. The Morgan fingerprint density at radius 1 is 1.08 bits per heavy atom. The normalized spacial score (nSPS) is 13.5. The maximum atomic E-state index is 13.4. The molecule has 0 aliphatic rings. The minimum absolute atomic E-state index is 0.00635. The van der Waals surface area contributed by atoms with Crippen LogP contribution in [0.4, 0.5) is 0 Å². The van der Waals surface area contributed by atoms with Crippen LogP contribution >= 0.6 is 0 Å². The topological polar surface area (TPSA) is 117 Å². The molecule has 0 aromatic heterocycles. The van der Waals surface area contributed by atoms with Gasteiger partial charge in [0.25, 0.3) is 0 Å². The fourth-order valence-electron chi connectivity index (χ4n) is 3.82. The average molecular weight is 512 g/mol. The first-order valence-corrected chi connectivity index (χ1v) is 12.9. The van der Waals surface area contributed by atoms with Gasteiger partial charge >= 0.3 is 5.97 Å². The number of carbonyl (C=O) groups excluding carboxylic acids is 3. The predicted molar refractivity (Wildman–Crippen MR) is 147 cm³/mol. The van der Waals surface area contributed by atoms with E-state index in [-0.39, 0.29) is 24.0 Å². The summed E-state index contributed by atoms with van der Waals surface area (Å²) in [7, 11) is 0. The summed E-state index contributed by atoms with van der Waals surface area (Å²) in [5.74, 6) is -1.24. The second-order valence-electron chi connectivity index (χ2n) is 10.6. The van der Waals surface area contributed by atoms with Gasteiger partial charge in [0.2, 0.25) is 11.8 Å². The summed E-state index contributed by atoms with van der Waals surface area (Å²) in [6.07, 6.45) is 3.32. The molecule has 0 fully saturated rings. The van der Waals surface area contributed by atoms with Crippen molar-refractivity contribution in [3.63, 3.8) is 0 Å². The summed E-state index contributed by atoms with van der Waals surface area (Å²) in [6.45, 7) is 11.7. The fraction of sp³-hybridized carbons (Fsp3) is 0.517. The van der Waals surface area contributed by atoms with Crippen molar-refractivity contribution in [3.05, 3.63) is 42.0 Å². The van der Waals surface area contributed by atoms with Crippen molar-refractivity contribution in [2.45, 2.75) is 84.9 Å². The van der Waals surface area contributed by atoms with Gasteiger partial charge in [-0.05, 0) is 56.4 Å². The minimum Gasteiger partial charge on any atom is -0.507 e. The van der Waals surface area contributed by atoms with Crippen LogP contribution in [0.5, 0.6) is 5.75 Å². The van der Waals surface area contributed by atoms with Gasteiger partial charge in [-0.25, -0.2) is 0 Å². The number of phenols is 1. The van der Waals surface area contributed by atoms with E-state index in [1.807, 2.05) is 45.0 Å². The second-order valence-corrected chi connectivity index (χ2v) is 10.6. The molecule has 3 N–H and O–H groups in total. The van der Waals surface area contributed by atoms with Gasteiger partial charge in [0.15, 0.2) is 0 Å². The van der Waals surface area contributed by atoms with Crippen molar-refractivity contribution in [3.8, 4) is 5.75 Å². The first kappa shape index (κ1) is 29.8. The van der Waals surface area contributed by atoms with Crippen LogP contribution in [0.2, 0.25) is 0 Å². The number of fused-ring (bicyclic) bond motifs is 1. The summed E-state index contributed by atoms with van der Waals surface area (Å²) in [4.78, 5) is 43.2. The molecule has 2 atom stereocenters. The van der Waals surface area contributed by atoms with E-state index in [4.69, 9.17) is 4.74 Å². The molecule has 2 rings (SSSR count). The minimum atomic E-state index is -1.15. The molecule has 0 saturated carbocycles. The van der Waals surface area contributed by atoms with E-state index in [2.05, 4.69) is 15.6 Å². The molecular formula is C29H41N3O5. The monoisotopic (exact) mass is 511 g/mol. The Kier molecular flexibility index (Phi) is 11.1. The number of rotatable bonds is 12. The largest absolute Gasteiger partial charge is 0.507 e. The highest BCUT2D eigenvalue weighted by molar-refractivity contribution is 6.03. The highest BCUT2D eigenvalue weighted by Crippen LogP contribution is 2.25. The second kappa shape index (κ2) is 13.8. The lowest BCUT2D eigenvalue weighted by molar-refractivity contribution is -0.156. The van der Waals surface area contributed by atoms with Crippen molar-refractivity contribution in [1.82, 2.24) is 10.6 Å². The molecule has 202 valence electrons. The maximum Gasteiger partial charge on any atom is 0.309 e. The zero-order chi connectivity index (χ0) is 27.6. The lowest BCUT2D eigenvalue weighted by Gasteiger charge is -2.23. The Morgan fingerprint density at radius 3 is 2.43 bits per heavy atom. The molecule has 0 radical (unpaired) electrons. The molecule has 0 aliphatic carbocycles. The third-order valence-electron chi connectivity index (χ3n) is 5.58. The van der Waals surface area contributed by atoms with E-state index in [1.54, 1.807) is 32.9 Å². The number of hydrogen-bond donors (Lipinski definition) is 3. The smallest absolute Gasteiger partial charge is 0.309 e. The van der Waals surface area contributed by atoms with Gasteiger partial charge in [0.05, 0.1) is 6.42 Å². The van der Waals surface area contributed by atoms with Crippen LogP contribution in [-0.2, 0) is 19.1 Å². The van der Waals surface area contributed by atoms with Crippen LogP contribution in [0.3, 0.4) is 0 Å². The van der Waals surface area contributed by atoms with Gasteiger partial charge in [-0.1, -0.05) is 57.5 Å². The Bertz CT molecular complexity index is 1100. The van der Waals surface area contributed by atoms with Gasteiger partial charge in [-0.2, -0.15) is 0 Å². The third kappa shape index (κ3) is 9.86. The molecule has 2 amide bonds. The summed E-state index contributed by atoms with van der Waals surface area (Å²) in [5.41, 5.74) is -0.286. The molecule has 0 saturated heterocycles. The Balaban J connectivity index is 2.34. The Labute approximate surface area is 219 Å². The quantitative estimate of drug-likeness (QED) is 0.220. The number of aliphatic imine (C=N–C) groups is 1. The number of amides is 2. The fourth-order valence-corrected chi connectivity index (χ4v) is 3.82. The van der Waals surface area contributed by atoms with Crippen LogP contribution in [-0.4, -0.2) is 53.3 Å². The summed E-state index contributed by atoms with van der Waals surface area (Å²) < 4.78 is 5.43. The molecule has 0 heterocycles. The standard InChI is InChI=1S/C29H41N3O5/c1-7-8-15-30-27(35)24(16-19(2)3)32-28(36)23(17-26(34)37-29(4,5)6)31-18-22-21-12-10-9-11-20(21)13-14-25(22)33/h9-14,18-19,23-24,33H,7-8,15-17H2,1-6H3,(H,30,35)(H,32,36)/t23-,24+/m0/s1. The zero-order valence-corrected chi connectivity index (χ0v) is 22.8. The first-order chi connectivity index (χ1) is 17.4. The maximum absolute atomic E-state index is 13.4. The molecule has 2 aromatic rings. The van der Waals surface area contributed by atoms with E-state index < -0.39 is 29.6 Å². The molecule has 0 unspecified atom stereocenters. The van der Waals surface area contributed by atoms with Crippen LogP contribution in [0.1, 0.15) is 72.8 Å². The number of carbonyl (C=O) groups is 3. The summed E-state index contributed by atoms with van der Waals surface area (Å²) >= 11 is 0. The van der Waals surface area contributed by atoms with Crippen molar-refractivity contribution in [1.29, 1.82) is 0 Å². The number of nitrogens with one attached hydrogen (secondary N) is 2. The molecule has 8 heteroatoms. The molecule has 0 aliphatic heterocycles. The van der Waals surface area contributed by atoms with Crippen molar-refractivity contribution >= 4 is 34.8 Å². The highest BCUT2D eigenvalue weighted by atomic mass is 16.6. The number of unbranched alkanes of at least 4 members (excludes halogenated alkanes) is 1. The number of benzene rings is 2. The zero-order valence-electron chi connectivity index (χ0n) is 22.8.